The van der Waals surface area contributed by atoms with Gasteiger partial charge in [0.1, 0.15) is 0 Å². The highest BCUT2D eigenvalue weighted by Gasteiger charge is 2.10. The molecule has 2 aromatic heterocycles. The maximum atomic E-state index is 12.3. The van der Waals surface area contributed by atoms with E-state index >= 15 is 0 Å². The lowest BCUT2D eigenvalue weighted by atomic mass is 10.2. The molecule has 0 aliphatic carbocycles. The number of anilines is 1. The molecule has 1 N–H and O–H groups in total. The summed E-state index contributed by atoms with van der Waals surface area (Å²) in [6.07, 6.45) is 4.34. The molecule has 0 bridgehead atoms. The van der Waals surface area contributed by atoms with E-state index in [1.807, 2.05) is 0 Å². The third-order valence-electron chi connectivity index (χ3n) is 3.16. The molecule has 0 aliphatic rings. The van der Waals surface area contributed by atoms with Crippen LogP contribution in [0.4, 0.5) is 5.82 Å². The smallest absolute Gasteiger partial charge is 0.293 e. The Bertz CT molecular complexity index is 645. The average Bonchev–Trinajstić information content (AvgIpc) is 2.79. The zero-order valence-electron chi connectivity index (χ0n) is 13.1. The third kappa shape index (κ3) is 4.43. The number of aromatic nitrogens is 2. The van der Waals surface area contributed by atoms with Gasteiger partial charge in [0, 0.05) is 41.2 Å². The van der Waals surface area contributed by atoms with Crippen LogP contribution in [0.2, 0.25) is 0 Å². The van der Waals surface area contributed by atoms with Crippen molar-refractivity contribution in [3.05, 3.63) is 44.6 Å². The lowest BCUT2D eigenvalue weighted by Gasteiger charge is -2.15. The molecule has 0 saturated carbocycles. The fourth-order valence-electron chi connectivity index (χ4n) is 2.26. The van der Waals surface area contributed by atoms with Gasteiger partial charge < -0.3 is 9.88 Å². The maximum Gasteiger partial charge on any atom is 0.293 e. The molecule has 2 aromatic rings. The van der Waals surface area contributed by atoms with Gasteiger partial charge in [0.15, 0.2) is 5.82 Å². The first-order chi connectivity index (χ1) is 9.95. The van der Waals surface area contributed by atoms with E-state index in [2.05, 4.69) is 50.1 Å². The summed E-state index contributed by atoms with van der Waals surface area (Å²) in [6, 6.07) is 4.45. The van der Waals surface area contributed by atoms with E-state index in [9.17, 15) is 4.79 Å². The molecule has 114 valence electrons. The van der Waals surface area contributed by atoms with Gasteiger partial charge in [-0.15, -0.1) is 11.3 Å². The summed E-state index contributed by atoms with van der Waals surface area (Å²) in [4.78, 5) is 19.2. The summed E-state index contributed by atoms with van der Waals surface area (Å²) < 4.78 is 1.72. The van der Waals surface area contributed by atoms with Crippen molar-refractivity contribution in [2.75, 3.05) is 5.32 Å². The van der Waals surface area contributed by atoms with Crippen LogP contribution in [0.25, 0.3) is 0 Å². The van der Waals surface area contributed by atoms with E-state index in [0.29, 0.717) is 18.3 Å². The van der Waals surface area contributed by atoms with Crippen molar-refractivity contribution in [2.24, 2.45) is 5.92 Å². The quantitative estimate of drug-likeness (QED) is 0.890. The summed E-state index contributed by atoms with van der Waals surface area (Å²) in [5.41, 5.74) is -0.0413. The van der Waals surface area contributed by atoms with E-state index in [4.69, 9.17) is 0 Å². The van der Waals surface area contributed by atoms with Crippen LogP contribution in [0.3, 0.4) is 0 Å². The number of aryl methyl sites for hydroxylation is 1. The number of hydrogen-bond acceptors (Lipinski definition) is 4. The molecule has 21 heavy (non-hydrogen) atoms. The molecular weight excluding hydrogens is 282 g/mol. The second-order valence-electron chi connectivity index (χ2n) is 5.89. The monoisotopic (exact) mass is 305 g/mol. The second-order valence-corrected chi connectivity index (χ2v) is 7.26. The highest BCUT2D eigenvalue weighted by atomic mass is 32.1. The van der Waals surface area contributed by atoms with E-state index in [-0.39, 0.29) is 11.6 Å². The summed E-state index contributed by atoms with van der Waals surface area (Å²) in [7, 11) is 0. The molecule has 5 heteroatoms. The predicted octanol–water partition coefficient (Wildman–Crippen LogP) is 3.31. The van der Waals surface area contributed by atoms with E-state index in [1.165, 1.54) is 9.75 Å². The van der Waals surface area contributed by atoms with Crippen molar-refractivity contribution in [3.63, 3.8) is 0 Å². The van der Waals surface area contributed by atoms with Crippen molar-refractivity contribution < 1.29 is 0 Å². The molecule has 0 fully saturated rings. The zero-order chi connectivity index (χ0) is 15.4. The van der Waals surface area contributed by atoms with Crippen LogP contribution in [0, 0.1) is 12.8 Å². The number of nitrogens with zero attached hydrogens (tertiary/aromatic N) is 2. The number of rotatable bonds is 6. The zero-order valence-corrected chi connectivity index (χ0v) is 13.9. The van der Waals surface area contributed by atoms with Crippen LogP contribution in [0.15, 0.2) is 29.3 Å². The van der Waals surface area contributed by atoms with Gasteiger partial charge in [0.2, 0.25) is 0 Å². The van der Waals surface area contributed by atoms with Crippen LogP contribution in [-0.4, -0.2) is 15.6 Å². The molecule has 0 saturated heterocycles. The molecule has 1 unspecified atom stereocenters. The van der Waals surface area contributed by atoms with Gasteiger partial charge in [-0.3, -0.25) is 4.79 Å². The second kappa shape index (κ2) is 6.89. The Morgan fingerprint density at radius 1 is 1.33 bits per heavy atom. The fraction of sp³-hybridized carbons (Fsp3) is 0.500. The molecular formula is C16H23N3OS. The van der Waals surface area contributed by atoms with Crippen molar-refractivity contribution in [1.29, 1.82) is 0 Å². The van der Waals surface area contributed by atoms with E-state index in [1.54, 1.807) is 28.3 Å². The minimum atomic E-state index is -0.0413. The Balaban J connectivity index is 2.06. The van der Waals surface area contributed by atoms with Crippen molar-refractivity contribution in [1.82, 2.24) is 9.55 Å². The van der Waals surface area contributed by atoms with E-state index < -0.39 is 0 Å². The summed E-state index contributed by atoms with van der Waals surface area (Å²) in [5.74, 6) is 0.878. The number of hydrogen-bond donors (Lipinski definition) is 1. The van der Waals surface area contributed by atoms with Crippen LogP contribution >= 0.6 is 11.3 Å². The predicted molar refractivity (Wildman–Crippen MR) is 89.2 cm³/mol. The summed E-state index contributed by atoms with van der Waals surface area (Å²) in [5, 5.41) is 3.24. The first kappa shape index (κ1) is 15.8. The molecule has 0 aliphatic heterocycles. The first-order valence-electron chi connectivity index (χ1n) is 7.33. The van der Waals surface area contributed by atoms with Crippen molar-refractivity contribution in [3.8, 4) is 0 Å². The number of thiophene rings is 1. The first-order valence-corrected chi connectivity index (χ1v) is 8.14. The molecule has 0 spiro atoms. The lowest BCUT2D eigenvalue weighted by molar-refractivity contribution is 0.509. The Morgan fingerprint density at radius 3 is 2.71 bits per heavy atom. The molecule has 0 amide bonds. The van der Waals surface area contributed by atoms with Crippen LogP contribution in [0.5, 0.6) is 0 Å². The molecule has 2 rings (SSSR count). The highest BCUT2D eigenvalue weighted by molar-refractivity contribution is 7.11. The molecule has 2 heterocycles. The molecule has 1 atom stereocenters. The molecule has 4 nitrogen and oxygen atoms in total. The standard InChI is InChI=1S/C16H23N3OS/c1-11(2)10-19-8-7-17-15(16(19)20)18-12(3)9-14-6-5-13(4)21-14/h5-8,11-12H,9-10H2,1-4H3,(H,17,18). The normalized spacial score (nSPS) is 12.6. The van der Waals surface area contributed by atoms with Gasteiger partial charge in [-0.05, 0) is 31.9 Å². The van der Waals surface area contributed by atoms with Crippen molar-refractivity contribution >= 4 is 17.2 Å². The Morgan fingerprint density at radius 2 is 2.10 bits per heavy atom. The molecule has 0 radical (unpaired) electrons. The van der Waals surface area contributed by atoms with Gasteiger partial charge in [0.05, 0.1) is 0 Å². The van der Waals surface area contributed by atoms with Crippen molar-refractivity contribution in [2.45, 2.75) is 46.7 Å². The van der Waals surface area contributed by atoms with Gasteiger partial charge in [-0.25, -0.2) is 4.98 Å². The maximum absolute atomic E-state index is 12.3. The van der Waals surface area contributed by atoms with Gasteiger partial charge in [-0.2, -0.15) is 0 Å². The van der Waals surface area contributed by atoms with Crippen LogP contribution < -0.4 is 10.9 Å². The summed E-state index contributed by atoms with van der Waals surface area (Å²) >= 11 is 1.80. The SMILES string of the molecule is Cc1ccc(CC(C)Nc2nccn(CC(C)C)c2=O)s1. The Hall–Kier alpha value is -1.62. The minimum Gasteiger partial charge on any atom is -0.363 e. The Kier molecular flexibility index (Phi) is 5.17. The minimum absolute atomic E-state index is 0.0413. The topological polar surface area (TPSA) is 46.9 Å². The highest BCUT2D eigenvalue weighted by Crippen LogP contribution is 2.17. The largest absolute Gasteiger partial charge is 0.363 e. The third-order valence-corrected chi connectivity index (χ3v) is 4.19. The summed E-state index contributed by atoms with van der Waals surface area (Å²) in [6.45, 7) is 9.10. The van der Waals surface area contributed by atoms with Crippen LogP contribution in [0.1, 0.15) is 30.5 Å². The lowest BCUT2D eigenvalue weighted by Crippen LogP contribution is -2.29. The Labute approximate surface area is 129 Å². The van der Waals surface area contributed by atoms with Gasteiger partial charge >= 0.3 is 0 Å². The van der Waals surface area contributed by atoms with Gasteiger partial charge in [-0.1, -0.05) is 13.8 Å². The molecule has 0 aromatic carbocycles. The van der Waals surface area contributed by atoms with E-state index in [0.717, 1.165) is 6.42 Å². The fourth-order valence-corrected chi connectivity index (χ4v) is 3.28. The van der Waals surface area contributed by atoms with Crippen LogP contribution in [-0.2, 0) is 13.0 Å². The number of nitrogens with one attached hydrogen (secondary N) is 1. The van der Waals surface area contributed by atoms with Gasteiger partial charge in [0.25, 0.3) is 5.56 Å². The average molecular weight is 305 g/mol.